The molecule has 128 valence electrons. The minimum atomic E-state index is -0.338. The largest absolute Gasteiger partial charge is 0.338 e. The minimum Gasteiger partial charge on any atom is -0.338 e. The summed E-state index contributed by atoms with van der Waals surface area (Å²) in [4.78, 5) is 26.9. The van der Waals surface area contributed by atoms with Gasteiger partial charge in [0, 0.05) is 28.3 Å². The molecule has 3 rings (SSSR count). The number of urea groups is 1. The minimum absolute atomic E-state index is 0.131. The van der Waals surface area contributed by atoms with Crippen molar-refractivity contribution in [3.05, 3.63) is 75.0 Å². The number of aryl methyl sites for hydroxylation is 1. The van der Waals surface area contributed by atoms with Gasteiger partial charge in [-0.3, -0.25) is 4.79 Å². The zero-order chi connectivity index (χ0) is 17.8. The Balaban J connectivity index is 1.61. The lowest BCUT2D eigenvalue weighted by atomic mass is 10.1. The summed E-state index contributed by atoms with van der Waals surface area (Å²) in [6.07, 6.45) is 0.447. The molecule has 25 heavy (non-hydrogen) atoms. The molecule has 0 unspecified atom stereocenters. The molecule has 1 aromatic heterocycles. The average Bonchev–Trinajstić information content (AvgIpc) is 2.55. The summed E-state index contributed by atoms with van der Waals surface area (Å²) in [6, 6.07) is 14.3. The average molecular weight is 356 g/mol. The summed E-state index contributed by atoms with van der Waals surface area (Å²) in [7, 11) is 0. The first kappa shape index (κ1) is 17.0. The van der Waals surface area contributed by atoms with Crippen LogP contribution >= 0.6 is 11.6 Å². The summed E-state index contributed by atoms with van der Waals surface area (Å²) >= 11 is 5.88. The Morgan fingerprint density at radius 3 is 2.80 bits per heavy atom. The van der Waals surface area contributed by atoms with Crippen LogP contribution in [0.25, 0.3) is 10.9 Å². The smallest absolute Gasteiger partial charge is 0.319 e. The summed E-state index contributed by atoms with van der Waals surface area (Å²) in [5.41, 5.74) is 3.06. The highest BCUT2D eigenvalue weighted by molar-refractivity contribution is 6.30. The maximum Gasteiger partial charge on any atom is 0.319 e. The van der Waals surface area contributed by atoms with Gasteiger partial charge in [0.2, 0.25) is 0 Å². The monoisotopic (exact) mass is 355 g/mol. The number of H-pyrrole nitrogens is 1. The van der Waals surface area contributed by atoms with E-state index in [9.17, 15) is 9.59 Å². The van der Waals surface area contributed by atoms with E-state index >= 15 is 0 Å². The molecular formula is C19H18ClN3O2. The van der Waals surface area contributed by atoms with Crippen molar-refractivity contribution in [2.75, 3.05) is 11.9 Å². The first-order valence-corrected chi connectivity index (χ1v) is 8.32. The highest BCUT2D eigenvalue weighted by Crippen LogP contribution is 2.15. The second kappa shape index (κ2) is 7.40. The normalized spacial score (nSPS) is 10.6. The topological polar surface area (TPSA) is 74.0 Å². The van der Waals surface area contributed by atoms with E-state index in [1.165, 1.54) is 0 Å². The molecular weight excluding hydrogens is 338 g/mol. The lowest BCUT2D eigenvalue weighted by Gasteiger charge is -2.08. The van der Waals surface area contributed by atoms with Crippen molar-refractivity contribution in [2.45, 2.75) is 13.3 Å². The summed E-state index contributed by atoms with van der Waals surface area (Å²) in [5.74, 6) is 0. The number of halogens is 1. The van der Waals surface area contributed by atoms with E-state index < -0.39 is 0 Å². The van der Waals surface area contributed by atoms with E-state index in [0.717, 1.165) is 16.5 Å². The van der Waals surface area contributed by atoms with Crippen LogP contribution in [0.1, 0.15) is 11.1 Å². The van der Waals surface area contributed by atoms with Crippen LogP contribution < -0.4 is 16.2 Å². The molecule has 0 aliphatic rings. The number of amides is 2. The molecule has 3 aromatic rings. The third-order valence-corrected chi connectivity index (χ3v) is 4.07. The first-order chi connectivity index (χ1) is 12.0. The van der Waals surface area contributed by atoms with Crippen LogP contribution in [0.2, 0.25) is 5.02 Å². The number of hydrogen-bond acceptors (Lipinski definition) is 2. The van der Waals surface area contributed by atoms with Gasteiger partial charge in [-0.2, -0.15) is 0 Å². The number of fused-ring (bicyclic) bond motifs is 1. The Labute approximate surface area is 150 Å². The molecule has 0 atom stereocenters. The molecule has 3 N–H and O–H groups in total. The molecule has 1 heterocycles. The van der Waals surface area contributed by atoms with Gasteiger partial charge in [-0.1, -0.05) is 29.3 Å². The second-order valence-electron chi connectivity index (χ2n) is 5.86. The Kier molecular flexibility index (Phi) is 5.05. The van der Waals surface area contributed by atoms with E-state index in [1.807, 2.05) is 31.2 Å². The summed E-state index contributed by atoms with van der Waals surface area (Å²) in [5, 5.41) is 6.98. The maximum atomic E-state index is 12.1. The third kappa shape index (κ3) is 4.39. The zero-order valence-corrected chi connectivity index (χ0v) is 14.5. The Morgan fingerprint density at radius 2 is 2.00 bits per heavy atom. The standard InChI is InChI=1S/C19H18ClN3O2/c1-12-5-6-17-14(9-12)10-13(18(24)23-17)7-8-21-19(25)22-16-4-2-3-15(20)11-16/h2-6,9-11H,7-8H2,1H3,(H,23,24)(H2,21,22,25). The molecule has 0 spiro atoms. The van der Waals surface area contributed by atoms with E-state index in [-0.39, 0.29) is 11.6 Å². The van der Waals surface area contributed by atoms with Crippen molar-refractivity contribution in [3.8, 4) is 0 Å². The number of benzene rings is 2. The molecule has 0 fully saturated rings. The number of aromatic nitrogens is 1. The molecule has 0 bridgehead atoms. The van der Waals surface area contributed by atoms with E-state index in [4.69, 9.17) is 11.6 Å². The van der Waals surface area contributed by atoms with Crippen LogP contribution in [0.5, 0.6) is 0 Å². The molecule has 2 amide bonds. The number of nitrogens with one attached hydrogen (secondary N) is 3. The molecule has 0 aliphatic heterocycles. The van der Waals surface area contributed by atoms with Crippen LogP contribution in [-0.2, 0) is 6.42 Å². The van der Waals surface area contributed by atoms with Crippen LogP contribution in [0.4, 0.5) is 10.5 Å². The number of anilines is 1. The molecule has 6 heteroatoms. The van der Waals surface area contributed by atoms with Crippen molar-refractivity contribution < 1.29 is 4.79 Å². The van der Waals surface area contributed by atoms with Crippen molar-refractivity contribution in [3.63, 3.8) is 0 Å². The summed E-state index contributed by atoms with van der Waals surface area (Å²) in [6.45, 7) is 2.36. The van der Waals surface area contributed by atoms with Gasteiger partial charge in [-0.25, -0.2) is 4.79 Å². The van der Waals surface area contributed by atoms with E-state index in [2.05, 4.69) is 15.6 Å². The van der Waals surface area contributed by atoms with Crippen LogP contribution in [0, 0.1) is 6.92 Å². The van der Waals surface area contributed by atoms with Crippen LogP contribution in [0.3, 0.4) is 0 Å². The van der Waals surface area contributed by atoms with Gasteiger partial charge in [0.25, 0.3) is 5.56 Å². The highest BCUT2D eigenvalue weighted by atomic mass is 35.5. The number of carbonyl (C=O) groups is 1. The number of rotatable bonds is 4. The SMILES string of the molecule is Cc1ccc2[nH]c(=O)c(CCNC(=O)Nc3cccc(Cl)c3)cc2c1. The van der Waals surface area contributed by atoms with Crippen LogP contribution in [-0.4, -0.2) is 17.6 Å². The second-order valence-corrected chi connectivity index (χ2v) is 6.29. The van der Waals surface area contributed by atoms with Gasteiger partial charge in [0.1, 0.15) is 0 Å². The Hall–Kier alpha value is -2.79. The number of carbonyl (C=O) groups excluding carboxylic acids is 1. The van der Waals surface area contributed by atoms with Crippen molar-refractivity contribution in [1.82, 2.24) is 10.3 Å². The fraction of sp³-hybridized carbons (Fsp3) is 0.158. The molecule has 0 saturated heterocycles. The van der Waals surface area contributed by atoms with Gasteiger partial charge in [0.05, 0.1) is 0 Å². The van der Waals surface area contributed by atoms with Gasteiger partial charge >= 0.3 is 6.03 Å². The molecule has 0 aliphatic carbocycles. The number of pyridine rings is 1. The molecule has 0 radical (unpaired) electrons. The van der Waals surface area contributed by atoms with Gasteiger partial charge in [0.15, 0.2) is 0 Å². The molecule has 2 aromatic carbocycles. The number of hydrogen-bond donors (Lipinski definition) is 3. The van der Waals surface area contributed by atoms with E-state index in [0.29, 0.717) is 29.2 Å². The predicted octanol–water partition coefficient (Wildman–Crippen LogP) is 3.85. The molecule has 0 saturated carbocycles. The third-order valence-electron chi connectivity index (χ3n) is 3.84. The lowest BCUT2D eigenvalue weighted by molar-refractivity contribution is 0.252. The molecule has 5 nitrogen and oxygen atoms in total. The predicted molar refractivity (Wildman–Crippen MR) is 101 cm³/mol. The van der Waals surface area contributed by atoms with Gasteiger partial charge < -0.3 is 15.6 Å². The Morgan fingerprint density at radius 1 is 1.16 bits per heavy atom. The van der Waals surface area contributed by atoms with Gasteiger partial charge in [-0.05, 0) is 55.1 Å². The maximum absolute atomic E-state index is 12.1. The number of aromatic amines is 1. The fourth-order valence-corrected chi connectivity index (χ4v) is 2.80. The van der Waals surface area contributed by atoms with Crippen molar-refractivity contribution in [2.24, 2.45) is 0 Å². The van der Waals surface area contributed by atoms with Gasteiger partial charge in [-0.15, -0.1) is 0 Å². The lowest BCUT2D eigenvalue weighted by Crippen LogP contribution is -2.31. The highest BCUT2D eigenvalue weighted by Gasteiger charge is 2.05. The van der Waals surface area contributed by atoms with Crippen LogP contribution in [0.15, 0.2) is 53.3 Å². The van der Waals surface area contributed by atoms with Crippen molar-refractivity contribution in [1.29, 1.82) is 0 Å². The Bertz CT molecular complexity index is 982. The first-order valence-electron chi connectivity index (χ1n) is 7.94. The fourth-order valence-electron chi connectivity index (χ4n) is 2.61. The summed E-state index contributed by atoms with van der Waals surface area (Å²) < 4.78 is 0. The zero-order valence-electron chi connectivity index (χ0n) is 13.7. The quantitative estimate of drug-likeness (QED) is 0.665. The van der Waals surface area contributed by atoms with Crippen molar-refractivity contribution >= 4 is 34.2 Å². The van der Waals surface area contributed by atoms with E-state index in [1.54, 1.807) is 24.3 Å².